The Hall–Kier alpha value is -13.9. The van der Waals surface area contributed by atoms with Crippen LogP contribution in [0.4, 0.5) is 0 Å². The molecule has 0 radical (unpaired) electrons. The largest absolute Gasteiger partial charge is 0.246 e. The van der Waals surface area contributed by atoms with Crippen molar-refractivity contribution in [3.8, 4) is 135 Å². The summed E-state index contributed by atoms with van der Waals surface area (Å²) in [6.07, 6.45) is 0. The third-order valence-corrected chi connectivity index (χ3v) is 20.4. The van der Waals surface area contributed by atoms with Crippen LogP contribution in [0.2, 0.25) is 0 Å². The highest BCUT2D eigenvalue weighted by atomic mass is 32.1. The maximum absolute atomic E-state index is 5.48. The first-order valence-electron chi connectivity index (χ1n) is 34.9. The molecule has 0 amide bonds. The Morgan fingerprint density at radius 3 is 0.811 bits per heavy atom. The fourth-order valence-corrected chi connectivity index (χ4v) is 15.4. The summed E-state index contributed by atoms with van der Waals surface area (Å²) in [5, 5.41) is 6.32. The first-order valence-corrected chi connectivity index (χ1v) is 36.4. The van der Waals surface area contributed by atoms with Crippen molar-refractivity contribution in [3.63, 3.8) is 0 Å². The lowest BCUT2D eigenvalue weighted by atomic mass is 9.92. The molecule has 0 aliphatic carbocycles. The Kier molecular flexibility index (Phi) is 16.4. The van der Waals surface area contributed by atoms with Gasteiger partial charge in [-0.2, -0.15) is 17.5 Å². The zero-order chi connectivity index (χ0) is 70.3. The van der Waals surface area contributed by atoms with Gasteiger partial charge in [-0.25, -0.2) is 34.9 Å². The summed E-state index contributed by atoms with van der Waals surface area (Å²) in [7, 11) is 0. The van der Waals surface area contributed by atoms with Crippen LogP contribution in [0.1, 0.15) is 0 Å². The topological polar surface area (TPSA) is 142 Å². The molecule has 0 fully saturated rings. The molecule has 0 spiro atoms. The van der Waals surface area contributed by atoms with Gasteiger partial charge in [0.1, 0.15) is 22.1 Å². The van der Waals surface area contributed by atoms with Gasteiger partial charge in [0, 0.05) is 99.1 Å². The molecule has 0 saturated carbocycles. The SMILES string of the molecule is c1ccc(-c2cc(-c3ccc(-c4cccc5c4nc(-c4ccccc4)c4cc(-c6ccccc6)c6nsnc6c45)cc3)nc(-c3ccccc3)n2)cc1.c1ccc(-c2nc(-c3ccccc3)nc(-c3ccc(-c4cccc5c4nc(-c4ccccc4)c4cc(-c6ccccc6)c6nsnc6c45)cc3)n2)cc1. The Balaban J connectivity index is 0.000000145. The van der Waals surface area contributed by atoms with Gasteiger partial charge in [-0.05, 0) is 40.5 Å². The maximum atomic E-state index is 5.48. The van der Waals surface area contributed by atoms with E-state index in [9.17, 15) is 0 Å². The van der Waals surface area contributed by atoms with Crippen LogP contribution in [-0.4, -0.2) is 52.4 Å². The molecule has 0 N–H and O–H groups in total. The van der Waals surface area contributed by atoms with E-state index < -0.39 is 0 Å². The van der Waals surface area contributed by atoms with Gasteiger partial charge in [0.25, 0.3) is 0 Å². The van der Waals surface area contributed by atoms with E-state index in [4.69, 9.17) is 52.4 Å². The molecule has 0 unspecified atom stereocenters. The van der Waals surface area contributed by atoms with E-state index in [1.165, 1.54) is 23.5 Å². The van der Waals surface area contributed by atoms with Crippen molar-refractivity contribution in [2.45, 2.75) is 0 Å². The normalized spacial score (nSPS) is 11.4. The van der Waals surface area contributed by atoms with Crippen molar-refractivity contribution in [1.29, 1.82) is 0 Å². The summed E-state index contributed by atoms with van der Waals surface area (Å²) in [4.78, 5) is 35.7. The lowest BCUT2D eigenvalue weighted by Gasteiger charge is -2.15. The lowest BCUT2D eigenvalue weighted by Crippen LogP contribution is -2.00. The van der Waals surface area contributed by atoms with Crippen molar-refractivity contribution < 1.29 is 0 Å². The first kappa shape index (κ1) is 63.1. The third kappa shape index (κ3) is 11.8. The molecule has 20 rings (SSSR count). The van der Waals surface area contributed by atoms with E-state index in [1.54, 1.807) is 0 Å². The average Bonchev–Trinajstić information content (AvgIpc) is 1.28. The van der Waals surface area contributed by atoms with Gasteiger partial charge in [-0.3, -0.25) is 0 Å². The summed E-state index contributed by atoms with van der Waals surface area (Å²) in [5.74, 6) is 2.58. The molecule has 106 heavy (non-hydrogen) atoms. The smallest absolute Gasteiger partial charge is 0.164 e. The van der Waals surface area contributed by atoms with Gasteiger partial charge in [0.05, 0.1) is 57.3 Å². The van der Waals surface area contributed by atoms with Crippen LogP contribution in [-0.2, 0) is 0 Å². The Bertz CT molecular complexity index is 6120. The predicted molar refractivity (Wildman–Crippen MR) is 435 cm³/mol. The first-order chi connectivity index (χ1) is 52.6. The second-order valence-electron chi connectivity index (χ2n) is 25.8. The van der Waals surface area contributed by atoms with E-state index in [0.717, 1.165) is 177 Å². The summed E-state index contributed by atoms with van der Waals surface area (Å²) in [5.41, 5.74) is 25.4. The Labute approximate surface area is 618 Å². The number of fused-ring (bicyclic) bond motifs is 10. The summed E-state index contributed by atoms with van der Waals surface area (Å²) in [6, 6.07) is 119. The van der Waals surface area contributed by atoms with Crippen molar-refractivity contribution in [3.05, 3.63) is 346 Å². The lowest BCUT2D eigenvalue weighted by molar-refractivity contribution is 1.07. The number of rotatable bonds is 12. The van der Waals surface area contributed by atoms with E-state index in [0.29, 0.717) is 23.3 Å². The molecule has 0 aliphatic rings. The molecular formula is C93H57N11S2. The molecule has 0 bridgehead atoms. The number of hydrogen-bond donors (Lipinski definition) is 0. The molecule has 496 valence electrons. The number of hydrogen-bond acceptors (Lipinski definition) is 13. The molecule has 0 atom stereocenters. The van der Waals surface area contributed by atoms with Crippen molar-refractivity contribution in [2.75, 3.05) is 0 Å². The molecule has 14 aromatic carbocycles. The summed E-state index contributed by atoms with van der Waals surface area (Å²) in [6.45, 7) is 0. The monoisotopic (exact) mass is 1390 g/mol. The fraction of sp³-hybridized carbons (Fsp3) is 0. The standard InChI is InChI=1S/C47H29N5S.C46H28N6S/c1-5-14-30(15-6-1)38-28-39-42(46-45(38)51-53-52-46)37-23-13-22-36(44(37)50-43(39)34-18-9-3-10-19-34)31-24-26-33(27-25-31)41-29-40(32-16-7-2-8-17-32)48-47(49-41)35-20-11-4-12-21-35;1-5-14-29(15-6-1)37-28-38-39(43-42(37)51-53-52-43)36-23-13-22-35(41(36)47-40(38)31-16-7-2-8-17-31)30-24-26-34(27-25-30)46-49-44(32-18-9-3-10-19-32)48-45(50-46)33-20-11-4-12-21-33/h1-29H;1-28H. The zero-order valence-electron chi connectivity index (χ0n) is 56.6. The molecule has 0 aliphatic heterocycles. The highest BCUT2D eigenvalue weighted by Crippen LogP contribution is 2.46. The van der Waals surface area contributed by atoms with E-state index >= 15 is 0 Å². The third-order valence-electron chi connectivity index (χ3n) is 19.4. The summed E-state index contributed by atoms with van der Waals surface area (Å²) >= 11 is 2.50. The van der Waals surface area contributed by atoms with E-state index in [2.05, 4.69) is 224 Å². The van der Waals surface area contributed by atoms with Gasteiger partial charge >= 0.3 is 0 Å². The number of pyridine rings is 2. The molecule has 6 heterocycles. The molecule has 20 aromatic rings. The average molecular weight is 1390 g/mol. The zero-order valence-corrected chi connectivity index (χ0v) is 58.3. The van der Waals surface area contributed by atoms with Crippen LogP contribution in [0.5, 0.6) is 0 Å². The molecule has 0 saturated heterocycles. The molecule has 13 heteroatoms. The quantitative estimate of drug-likeness (QED) is 0.108. The Morgan fingerprint density at radius 1 is 0.170 bits per heavy atom. The van der Waals surface area contributed by atoms with Crippen LogP contribution < -0.4 is 0 Å². The van der Waals surface area contributed by atoms with Crippen LogP contribution in [0.3, 0.4) is 0 Å². The highest BCUT2D eigenvalue weighted by Gasteiger charge is 2.24. The second-order valence-corrected chi connectivity index (χ2v) is 26.8. The minimum absolute atomic E-state index is 0.616. The number of aromatic nitrogens is 11. The van der Waals surface area contributed by atoms with Gasteiger partial charge in [0.2, 0.25) is 0 Å². The summed E-state index contributed by atoms with van der Waals surface area (Å²) < 4.78 is 19.5. The van der Waals surface area contributed by atoms with Crippen molar-refractivity contribution in [1.82, 2.24) is 52.4 Å². The Morgan fingerprint density at radius 2 is 0.443 bits per heavy atom. The minimum atomic E-state index is 0.616. The molecular weight excluding hydrogens is 1340 g/mol. The number of para-hydroxylation sites is 2. The number of benzene rings is 14. The van der Waals surface area contributed by atoms with Crippen LogP contribution in [0.15, 0.2) is 346 Å². The van der Waals surface area contributed by atoms with Crippen LogP contribution in [0, 0.1) is 0 Å². The van der Waals surface area contributed by atoms with Gasteiger partial charge < -0.3 is 0 Å². The van der Waals surface area contributed by atoms with Gasteiger partial charge in [-0.15, -0.1) is 0 Å². The van der Waals surface area contributed by atoms with E-state index in [1.807, 2.05) is 121 Å². The van der Waals surface area contributed by atoms with Crippen molar-refractivity contribution >= 4 is 88.9 Å². The molecule has 6 aromatic heterocycles. The van der Waals surface area contributed by atoms with Gasteiger partial charge in [0.15, 0.2) is 23.3 Å². The predicted octanol–water partition coefficient (Wildman–Crippen LogP) is 23.8. The van der Waals surface area contributed by atoms with Crippen molar-refractivity contribution in [2.24, 2.45) is 0 Å². The number of nitrogens with zero attached hydrogens (tertiary/aromatic N) is 11. The van der Waals surface area contributed by atoms with Crippen LogP contribution in [0.25, 0.3) is 201 Å². The van der Waals surface area contributed by atoms with E-state index in [-0.39, 0.29) is 0 Å². The highest BCUT2D eigenvalue weighted by molar-refractivity contribution is 7.00. The minimum Gasteiger partial charge on any atom is -0.246 e. The van der Waals surface area contributed by atoms with Gasteiger partial charge in [-0.1, -0.05) is 328 Å². The second kappa shape index (κ2) is 27.5. The fourth-order valence-electron chi connectivity index (χ4n) is 14.3. The van der Waals surface area contributed by atoms with Crippen LogP contribution >= 0.6 is 23.5 Å². The maximum Gasteiger partial charge on any atom is 0.164 e. The molecule has 11 nitrogen and oxygen atoms in total.